The van der Waals surface area contributed by atoms with Crippen molar-refractivity contribution in [2.45, 2.75) is 5.40 Å². The van der Waals surface area contributed by atoms with E-state index in [4.69, 9.17) is 22.8 Å². The number of hydrogen-bond acceptors (Lipinski definition) is 7. The zero-order valence-corrected chi connectivity index (χ0v) is 16.8. The quantitative estimate of drug-likeness (QED) is 0.518. The lowest BCUT2D eigenvalue weighted by atomic mass is 10.2. The molecule has 0 spiro atoms. The van der Waals surface area contributed by atoms with Crippen LogP contribution in [0.3, 0.4) is 0 Å². The van der Waals surface area contributed by atoms with Crippen LogP contribution in [0.2, 0.25) is 0 Å². The molecule has 0 aliphatic heterocycles. The van der Waals surface area contributed by atoms with E-state index in [1.807, 2.05) is 18.2 Å². The van der Waals surface area contributed by atoms with Crippen LogP contribution in [0.15, 0.2) is 54.6 Å². The summed E-state index contributed by atoms with van der Waals surface area (Å²) in [4.78, 5) is 0. The summed E-state index contributed by atoms with van der Waals surface area (Å²) in [6, 6.07) is 15.8. The normalized spacial score (nSPS) is 12.3. The zero-order chi connectivity index (χ0) is 19.2. The van der Waals surface area contributed by atoms with Gasteiger partial charge in [-0.05, 0) is 18.2 Å². The van der Waals surface area contributed by atoms with E-state index in [1.165, 1.54) is 28.4 Å². The summed E-state index contributed by atoms with van der Waals surface area (Å²) in [5, 5.41) is -1.32. The molecule has 0 amide bonds. The molecule has 9 heteroatoms. The predicted molar refractivity (Wildman–Crippen MR) is 98.9 cm³/mol. The number of para-hydroxylation sites is 2. The van der Waals surface area contributed by atoms with E-state index in [1.54, 1.807) is 36.4 Å². The fourth-order valence-corrected chi connectivity index (χ4v) is 7.19. The van der Waals surface area contributed by atoms with Gasteiger partial charge in [-0.15, -0.1) is 0 Å². The topological polar surface area (TPSA) is 80.3 Å². The van der Waals surface area contributed by atoms with Gasteiger partial charge in [-0.25, -0.2) is 0 Å². The SMILES string of the molecule is COP(=O)(OC)C(c1ccccc1Oc1ccccc1)P(=O)(OC)OC. The fraction of sp³-hybridized carbons (Fsp3) is 0.294. The second-order valence-corrected chi connectivity index (χ2v) is 10.2. The molecule has 0 atom stereocenters. The Morgan fingerprint density at radius 3 is 1.65 bits per heavy atom. The lowest BCUT2D eigenvalue weighted by Gasteiger charge is -2.30. The third kappa shape index (κ3) is 4.26. The molecule has 0 N–H and O–H groups in total. The van der Waals surface area contributed by atoms with Gasteiger partial charge in [0.25, 0.3) is 0 Å². The molecule has 0 saturated carbocycles. The van der Waals surface area contributed by atoms with E-state index in [0.717, 1.165) is 0 Å². The van der Waals surface area contributed by atoms with Gasteiger partial charge in [0.1, 0.15) is 11.5 Å². The molecule has 0 aromatic heterocycles. The van der Waals surface area contributed by atoms with Crippen LogP contribution in [-0.2, 0) is 27.2 Å². The average molecular weight is 400 g/mol. The Kier molecular flexibility index (Phi) is 7.18. The van der Waals surface area contributed by atoms with Crippen molar-refractivity contribution in [1.29, 1.82) is 0 Å². The zero-order valence-electron chi connectivity index (χ0n) is 15.0. The van der Waals surface area contributed by atoms with E-state index >= 15 is 0 Å². The maximum atomic E-state index is 13.2. The van der Waals surface area contributed by atoms with Crippen molar-refractivity contribution in [2.24, 2.45) is 0 Å². The molecule has 2 aromatic carbocycles. The first kappa shape index (κ1) is 20.8. The Labute approximate surface area is 153 Å². The van der Waals surface area contributed by atoms with Crippen LogP contribution in [-0.4, -0.2) is 28.4 Å². The summed E-state index contributed by atoms with van der Waals surface area (Å²) < 4.78 is 52.7. The van der Waals surface area contributed by atoms with Gasteiger partial charge in [-0.2, -0.15) is 0 Å². The molecule has 7 nitrogen and oxygen atoms in total. The maximum Gasteiger partial charge on any atom is 0.349 e. The minimum absolute atomic E-state index is 0.329. The van der Waals surface area contributed by atoms with Gasteiger partial charge < -0.3 is 22.8 Å². The molecule has 26 heavy (non-hydrogen) atoms. The highest BCUT2D eigenvalue weighted by atomic mass is 31.2. The first-order valence-corrected chi connectivity index (χ1v) is 10.9. The highest BCUT2D eigenvalue weighted by molar-refractivity contribution is 7.72. The van der Waals surface area contributed by atoms with Crippen molar-refractivity contribution >= 4 is 15.2 Å². The first-order valence-electron chi connectivity index (χ1n) is 7.68. The summed E-state index contributed by atoms with van der Waals surface area (Å²) in [6.45, 7) is 0. The van der Waals surface area contributed by atoms with Crippen LogP contribution in [0.25, 0.3) is 0 Å². The summed E-state index contributed by atoms with van der Waals surface area (Å²) in [5.74, 6) is 0.903. The van der Waals surface area contributed by atoms with Crippen molar-refractivity contribution < 1.29 is 32.0 Å². The fourth-order valence-electron chi connectivity index (χ4n) is 2.46. The Hall–Kier alpha value is -1.46. The molecular weight excluding hydrogens is 378 g/mol. The molecule has 0 aliphatic carbocycles. The smallest absolute Gasteiger partial charge is 0.349 e. The van der Waals surface area contributed by atoms with Crippen molar-refractivity contribution in [3.05, 3.63) is 60.2 Å². The molecule has 0 saturated heterocycles. The third-order valence-corrected chi connectivity index (χ3v) is 9.27. The van der Waals surface area contributed by atoms with Crippen molar-refractivity contribution in [1.82, 2.24) is 0 Å². The van der Waals surface area contributed by atoms with Gasteiger partial charge in [0.05, 0.1) is 0 Å². The molecule has 0 heterocycles. The monoisotopic (exact) mass is 400 g/mol. The largest absolute Gasteiger partial charge is 0.457 e. The van der Waals surface area contributed by atoms with E-state index in [0.29, 0.717) is 17.1 Å². The van der Waals surface area contributed by atoms with Crippen molar-refractivity contribution in [3.63, 3.8) is 0 Å². The Morgan fingerprint density at radius 2 is 1.15 bits per heavy atom. The lowest BCUT2D eigenvalue weighted by Crippen LogP contribution is -2.09. The van der Waals surface area contributed by atoms with Crippen LogP contribution in [0.5, 0.6) is 11.5 Å². The predicted octanol–water partition coefficient (Wildman–Crippen LogP) is 5.45. The molecular formula is C17H22O7P2. The van der Waals surface area contributed by atoms with Gasteiger partial charge in [-0.1, -0.05) is 36.4 Å². The minimum atomic E-state index is -3.89. The Bertz CT molecular complexity index is 768. The highest BCUT2D eigenvalue weighted by Crippen LogP contribution is 2.78. The molecule has 142 valence electrons. The summed E-state index contributed by atoms with van der Waals surface area (Å²) in [6.07, 6.45) is 0. The number of ether oxygens (including phenoxy) is 1. The molecule has 0 radical (unpaired) electrons. The molecule has 0 bridgehead atoms. The van der Waals surface area contributed by atoms with E-state index in [9.17, 15) is 9.13 Å². The van der Waals surface area contributed by atoms with Gasteiger partial charge in [-0.3, -0.25) is 9.13 Å². The average Bonchev–Trinajstić information content (AvgIpc) is 2.69. The van der Waals surface area contributed by atoms with Crippen LogP contribution in [0, 0.1) is 0 Å². The molecule has 0 fully saturated rings. The van der Waals surface area contributed by atoms with Gasteiger partial charge in [0, 0.05) is 34.0 Å². The van der Waals surface area contributed by atoms with E-state index in [-0.39, 0.29) is 0 Å². The first-order chi connectivity index (χ1) is 12.4. The Morgan fingerprint density at radius 1 is 0.692 bits per heavy atom. The second kappa shape index (κ2) is 8.96. The molecule has 2 rings (SSSR count). The van der Waals surface area contributed by atoms with E-state index < -0.39 is 20.6 Å². The number of hydrogen-bond donors (Lipinski definition) is 0. The van der Waals surface area contributed by atoms with Gasteiger partial charge in [0.2, 0.25) is 0 Å². The standard InChI is InChI=1S/C17H22O7P2/c1-20-25(18,21-2)17(26(19,22-3)23-4)15-12-8-9-13-16(15)24-14-10-6-5-7-11-14/h5-13,17H,1-4H3. The minimum Gasteiger partial charge on any atom is -0.457 e. The summed E-state index contributed by atoms with van der Waals surface area (Å²) in [7, 11) is -2.92. The molecule has 2 aromatic rings. The summed E-state index contributed by atoms with van der Waals surface area (Å²) in [5.41, 5.74) is 0.329. The van der Waals surface area contributed by atoms with E-state index in [2.05, 4.69) is 0 Å². The van der Waals surface area contributed by atoms with Gasteiger partial charge >= 0.3 is 15.2 Å². The number of benzene rings is 2. The van der Waals surface area contributed by atoms with Crippen LogP contribution in [0.4, 0.5) is 0 Å². The van der Waals surface area contributed by atoms with Crippen LogP contribution < -0.4 is 4.74 Å². The van der Waals surface area contributed by atoms with Crippen LogP contribution >= 0.6 is 15.2 Å². The van der Waals surface area contributed by atoms with Gasteiger partial charge in [0.15, 0.2) is 5.40 Å². The third-order valence-electron chi connectivity index (χ3n) is 3.79. The highest BCUT2D eigenvalue weighted by Gasteiger charge is 2.51. The van der Waals surface area contributed by atoms with Crippen LogP contribution in [0.1, 0.15) is 11.0 Å². The maximum absolute atomic E-state index is 13.2. The molecule has 0 unspecified atom stereocenters. The lowest BCUT2D eigenvalue weighted by molar-refractivity contribution is 0.246. The van der Waals surface area contributed by atoms with Crippen molar-refractivity contribution in [2.75, 3.05) is 28.4 Å². The number of rotatable bonds is 9. The second-order valence-electron chi connectivity index (χ2n) is 5.14. The Balaban J connectivity index is 2.63. The molecule has 0 aliphatic rings. The van der Waals surface area contributed by atoms with Crippen molar-refractivity contribution in [3.8, 4) is 11.5 Å². The summed E-state index contributed by atoms with van der Waals surface area (Å²) >= 11 is 0.